The summed E-state index contributed by atoms with van der Waals surface area (Å²) in [5.74, 6) is -0.944. The van der Waals surface area contributed by atoms with Gasteiger partial charge in [0.25, 0.3) is 27.3 Å². The molecule has 0 bridgehead atoms. The number of hydrogen-bond acceptors (Lipinski definition) is 11. The second-order valence-corrected chi connectivity index (χ2v) is 10.2. The second kappa shape index (κ2) is 11.0. The lowest BCUT2D eigenvalue weighted by molar-refractivity contribution is -0.392. The Balaban J connectivity index is 1.57. The molecule has 1 aliphatic heterocycles. The summed E-state index contributed by atoms with van der Waals surface area (Å²) < 4.78 is 33.0. The van der Waals surface area contributed by atoms with Gasteiger partial charge >= 0.3 is 0 Å². The van der Waals surface area contributed by atoms with Crippen molar-refractivity contribution in [3.63, 3.8) is 0 Å². The van der Waals surface area contributed by atoms with Crippen LogP contribution in [0.4, 0.5) is 28.7 Å². The van der Waals surface area contributed by atoms with Crippen molar-refractivity contribution >= 4 is 44.6 Å². The smallest absolute Gasteiger partial charge is 0.300 e. The molecular formula is C23H23N7O8S. The fraction of sp³-hybridized carbons (Fsp3) is 0.261. The van der Waals surface area contributed by atoms with Crippen LogP contribution in [0.3, 0.4) is 0 Å². The van der Waals surface area contributed by atoms with Gasteiger partial charge in [-0.15, -0.1) is 0 Å². The Morgan fingerprint density at radius 3 is 2.00 bits per heavy atom. The van der Waals surface area contributed by atoms with Gasteiger partial charge in [-0.3, -0.25) is 25.0 Å². The number of anilines is 3. The maximum absolute atomic E-state index is 12.9. The number of morpholine rings is 1. The monoisotopic (exact) mass is 557 g/mol. The van der Waals surface area contributed by atoms with Crippen LogP contribution in [0, 0.1) is 34.1 Å². The van der Waals surface area contributed by atoms with Crippen LogP contribution in [0.2, 0.25) is 0 Å². The number of nitro groups is 2. The topological polar surface area (TPSA) is 200 Å². The number of carbonyl (C=O) groups excluding carboxylic acids is 1. The van der Waals surface area contributed by atoms with Gasteiger partial charge in [0.2, 0.25) is 5.95 Å². The highest BCUT2D eigenvalue weighted by Crippen LogP contribution is 2.39. The molecule has 39 heavy (non-hydrogen) atoms. The van der Waals surface area contributed by atoms with Gasteiger partial charge in [0.1, 0.15) is 0 Å². The minimum atomic E-state index is -4.04. The number of aryl methyl sites for hydroxylation is 2. The molecule has 204 valence electrons. The maximum Gasteiger partial charge on any atom is 0.300 e. The molecule has 1 amide bonds. The van der Waals surface area contributed by atoms with Gasteiger partial charge in [0.15, 0.2) is 5.69 Å². The molecule has 2 aromatic carbocycles. The Hall–Kier alpha value is -4.70. The van der Waals surface area contributed by atoms with E-state index < -0.39 is 37.2 Å². The SMILES string of the molecule is Cc1cc(C)nc(NS(=O)(=O)c2ccc(NC(=O)c3cc([N+](=O)[O-])c(N4CCOCC4)c([N+](=O)[O-])c3)cc2)n1. The van der Waals surface area contributed by atoms with Crippen LogP contribution in [-0.2, 0) is 14.8 Å². The number of rotatable bonds is 8. The van der Waals surface area contributed by atoms with Crippen LogP contribution in [-0.4, -0.2) is 60.4 Å². The number of benzene rings is 2. The minimum Gasteiger partial charge on any atom is -0.378 e. The van der Waals surface area contributed by atoms with Crippen LogP contribution in [0.5, 0.6) is 0 Å². The van der Waals surface area contributed by atoms with E-state index in [4.69, 9.17) is 4.74 Å². The van der Waals surface area contributed by atoms with Crippen molar-refractivity contribution in [1.29, 1.82) is 0 Å². The Morgan fingerprint density at radius 2 is 1.49 bits per heavy atom. The first-order chi connectivity index (χ1) is 18.4. The van der Waals surface area contributed by atoms with Gasteiger partial charge < -0.3 is 15.0 Å². The lowest BCUT2D eigenvalue weighted by Gasteiger charge is -2.28. The van der Waals surface area contributed by atoms with Gasteiger partial charge in [-0.05, 0) is 44.2 Å². The lowest BCUT2D eigenvalue weighted by atomic mass is 10.1. The summed E-state index contributed by atoms with van der Waals surface area (Å²) >= 11 is 0. The molecule has 2 N–H and O–H groups in total. The van der Waals surface area contributed by atoms with E-state index in [1.165, 1.54) is 29.2 Å². The van der Waals surface area contributed by atoms with E-state index >= 15 is 0 Å². The van der Waals surface area contributed by atoms with Crippen LogP contribution >= 0.6 is 0 Å². The Bertz CT molecular complexity index is 1500. The quantitative estimate of drug-likeness (QED) is 0.305. The highest BCUT2D eigenvalue weighted by atomic mass is 32.2. The van der Waals surface area contributed by atoms with Gasteiger partial charge in [0.05, 0.1) is 33.5 Å². The molecule has 2 heterocycles. The van der Waals surface area contributed by atoms with E-state index in [0.29, 0.717) is 11.4 Å². The molecule has 1 fully saturated rings. The average Bonchev–Trinajstić information content (AvgIpc) is 2.87. The standard InChI is InChI=1S/C23H23N7O8S/c1-14-11-15(2)25-23(24-14)27-39(36,37)18-5-3-17(4-6-18)26-22(31)16-12-19(29(32)33)21(20(13-16)30(34)35)28-7-9-38-10-8-28/h3-6,11-13H,7-10H2,1-2H3,(H,26,31)(H,24,25,27). The largest absolute Gasteiger partial charge is 0.378 e. The number of nitro benzene ring substituents is 2. The number of nitrogens with zero attached hydrogens (tertiary/aromatic N) is 5. The van der Waals surface area contributed by atoms with Crippen molar-refractivity contribution in [2.45, 2.75) is 18.7 Å². The lowest BCUT2D eigenvalue weighted by Crippen LogP contribution is -2.37. The first-order valence-corrected chi connectivity index (χ1v) is 13.0. The van der Waals surface area contributed by atoms with Gasteiger partial charge in [-0.1, -0.05) is 0 Å². The first-order valence-electron chi connectivity index (χ1n) is 11.5. The Morgan fingerprint density at radius 1 is 0.949 bits per heavy atom. The fourth-order valence-electron chi connectivity index (χ4n) is 4.00. The van der Waals surface area contributed by atoms with Crippen molar-refractivity contribution in [1.82, 2.24) is 9.97 Å². The molecule has 1 saturated heterocycles. The summed E-state index contributed by atoms with van der Waals surface area (Å²) in [5.41, 5.74) is -0.359. The van der Waals surface area contributed by atoms with E-state index in [2.05, 4.69) is 20.0 Å². The van der Waals surface area contributed by atoms with Gasteiger partial charge in [-0.25, -0.2) is 23.1 Å². The molecular weight excluding hydrogens is 534 g/mol. The summed E-state index contributed by atoms with van der Waals surface area (Å²) in [6.45, 7) is 4.32. The highest BCUT2D eigenvalue weighted by Gasteiger charge is 2.33. The van der Waals surface area contributed by atoms with Crippen LogP contribution in [0.1, 0.15) is 21.7 Å². The summed E-state index contributed by atoms with van der Waals surface area (Å²) in [6, 6.07) is 8.70. The third-order valence-corrected chi connectivity index (χ3v) is 7.03. The maximum atomic E-state index is 12.9. The second-order valence-electron chi connectivity index (χ2n) is 8.54. The number of hydrogen-bond donors (Lipinski definition) is 2. The molecule has 0 unspecified atom stereocenters. The molecule has 0 atom stereocenters. The van der Waals surface area contributed by atoms with Gasteiger partial charge in [-0.2, -0.15) is 0 Å². The zero-order chi connectivity index (χ0) is 28.3. The Labute approximate surface area is 222 Å². The number of ether oxygens (including phenoxy) is 1. The number of aromatic nitrogens is 2. The zero-order valence-corrected chi connectivity index (χ0v) is 21.6. The molecule has 15 nitrogen and oxygen atoms in total. The van der Waals surface area contributed by atoms with E-state index in [0.717, 1.165) is 12.1 Å². The number of sulfonamides is 1. The molecule has 0 saturated carbocycles. The van der Waals surface area contributed by atoms with Crippen molar-refractivity contribution in [2.75, 3.05) is 41.2 Å². The van der Waals surface area contributed by atoms with Crippen molar-refractivity contribution < 1.29 is 27.8 Å². The third-order valence-electron chi connectivity index (χ3n) is 5.68. The molecule has 16 heteroatoms. The van der Waals surface area contributed by atoms with Crippen molar-refractivity contribution in [3.8, 4) is 0 Å². The minimum absolute atomic E-state index is 0.0893. The normalized spacial score (nSPS) is 13.5. The molecule has 1 aliphatic rings. The summed E-state index contributed by atoms with van der Waals surface area (Å²) in [4.78, 5) is 44.4. The predicted octanol–water partition coefficient (Wildman–Crippen LogP) is 2.80. The van der Waals surface area contributed by atoms with Crippen molar-refractivity contribution in [2.24, 2.45) is 0 Å². The average molecular weight is 558 g/mol. The number of nitrogens with one attached hydrogen (secondary N) is 2. The molecule has 0 spiro atoms. The molecule has 0 aliphatic carbocycles. The van der Waals surface area contributed by atoms with Crippen LogP contribution < -0.4 is 14.9 Å². The van der Waals surface area contributed by atoms with Crippen LogP contribution in [0.15, 0.2) is 47.4 Å². The third kappa shape index (κ3) is 6.24. The van der Waals surface area contributed by atoms with Gasteiger partial charge in [0, 0.05) is 42.3 Å². The summed E-state index contributed by atoms with van der Waals surface area (Å²) in [6.07, 6.45) is 0. The molecule has 0 radical (unpaired) electrons. The summed E-state index contributed by atoms with van der Waals surface area (Å²) in [5, 5.41) is 26.1. The van der Waals surface area contributed by atoms with E-state index in [1.807, 2.05) is 0 Å². The van der Waals surface area contributed by atoms with E-state index in [-0.39, 0.29) is 54.1 Å². The highest BCUT2D eigenvalue weighted by molar-refractivity contribution is 7.92. The zero-order valence-electron chi connectivity index (χ0n) is 20.8. The molecule has 4 rings (SSSR count). The van der Waals surface area contributed by atoms with E-state index in [1.54, 1.807) is 19.9 Å². The predicted molar refractivity (Wildman–Crippen MR) is 139 cm³/mol. The van der Waals surface area contributed by atoms with Crippen LogP contribution in [0.25, 0.3) is 0 Å². The van der Waals surface area contributed by atoms with E-state index in [9.17, 15) is 33.4 Å². The Kier molecular flexibility index (Phi) is 7.68. The summed E-state index contributed by atoms with van der Waals surface area (Å²) in [7, 11) is -4.04. The number of amides is 1. The van der Waals surface area contributed by atoms with Crippen molar-refractivity contribution in [3.05, 3.63) is 79.6 Å². The molecule has 1 aromatic heterocycles. The first kappa shape index (κ1) is 27.3. The molecule has 3 aromatic rings. The fourth-order valence-corrected chi connectivity index (χ4v) is 4.94. The number of carbonyl (C=O) groups is 1.